The Morgan fingerprint density at radius 2 is 2.06 bits per heavy atom. The number of likely N-dealkylation sites (tertiary alicyclic amines) is 1. The lowest BCUT2D eigenvalue weighted by Crippen LogP contribution is -2.49. The molecule has 0 saturated carbocycles. The Morgan fingerprint density at radius 3 is 2.78 bits per heavy atom. The first-order chi connectivity index (χ1) is 8.58. The van der Waals surface area contributed by atoms with Gasteiger partial charge in [-0.25, -0.2) is 0 Å². The average molecular weight is 253 g/mol. The van der Waals surface area contributed by atoms with Crippen LogP contribution in [0.1, 0.15) is 32.6 Å². The summed E-state index contributed by atoms with van der Waals surface area (Å²) >= 11 is 0. The van der Waals surface area contributed by atoms with Crippen LogP contribution in [0.15, 0.2) is 0 Å². The third kappa shape index (κ3) is 3.02. The Hall–Kier alpha value is -1.10. The van der Waals surface area contributed by atoms with Gasteiger partial charge in [0.15, 0.2) is 0 Å². The van der Waals surface area contributed by atoms with Gasteiger partial charge in [0.05, 0.1) is 0 Å². The van der Waals surface area contributed by atoms with Crippen molar-refractivity contribution in [3.8, 4) is 0 Å². The lowest BCUT2D eigenvalue weighted by atomic mass is 10.0. The minimum atomic E-state index is -0.381. The maximum Gasteiger partial charge on any atom is 0.244 e. The fourth-order valence-electron chi connectivity index (χ4n) is 2.81. The van der Waals surface area contributed by atoms with E-state index in [1.807, 2.05) is 4.90 Å². The molecule has 2 unspecified atom stereocenters. The van der Waals surface area contributed by atoms with E-state index in [1.54, 1.807) is 6.92 Å². The number of carbonyl (C=O) groups excluding carboxylic acids is 2. The summed E-state index contributed by atoms with van der Waals surface area (Å²) in [5.74, 6) is 0.0372. The van der Waals surface area contributed by atoms with Crippen molar-refractivity contribution >= 4 is 11.8 Å². The van der Waals surface area contributed by atoms with E-state index in [-0.39, 0.29) is 17.9 Å². The van der Waals surface area contributed by atoms with Gasteiger partial charge in [0.2, 0.25) is 11.8 Å². The predicted molar refractivity (Wildman–Crippen MR) is 69.1 cm³/mol. The van der Waals surface area contributed by atoms with E-state index in [2.05, 4.69) is 17.3 Å². The first kappa shape index (κ1) is 13.3. The molecule has 2 saturated heterocycles. The van der Waals surface area contributed by atoms with E-state index >= 15 is 0 Å². The van der Waals surface area contributed by atoms with Crippen LogP contribution in [0.2, 0.25) is 0 Å². The Morgan fingerprint density at radius 1 is 1.28 bits per heavy atom. The van der Waals surface area contributed by atoms with Crippen molar-refractivity contribution in [2.45, 2.75) is 44.7 Å². The molecule has 0 bridgehead atoms. The Balaban J connectivity index is 1.98. The number of piperidine rings is 1. The summed E-state index contributed by atoms with van der Waals surface area (Å²) in [4.78, 5) is 27.8. The molecule has 2 fully saturated rings. The lowest BCUT2D eigenvalue weighted by molar-refractivity contribution is -0.133. The van der Waals surface area contributed by atoms with Gasteiger partial charge in [-0.15, -0.1) is 0 Å². The second-order valence-electron chi connectivity index (χ2n) is 5.45. The quantitative estimate of drug-likeness (QED) is 0.765. The molecule has 2 aliphatic heterocycles. The van der Waals surface area contributed by atoms with Crippen LogP contribution in [0.5, 0.6) is 0 Å². The molecular formula is C13H23N3O2. The molecule has 0 aliphatic carbocycles. The number of amides is 2. The van der Waals surface area contributed by atoms with E-state index in [0.717, 1.165) is 19.5 Å². The zero-order valence-corrected chi connectivity index (χ0v) is 11.3. The summed E-state index contributed by atoms with van der Waals surface area (Å²) in [5.41, 5.74) is 0. The second-order valence-corrected chi connectivity index (χ2v) is 5.45. The second kappa shape index (κ2) is 5.69. The fraction of sp³-hybridized carbons (Fsp3) is 0.846. The van der Waals surface area contributed by atoms with Crippen molar-refractivity contribution in [1.82, 2.24) is 15.1 Å². The number of hydrogen-bond donors (Lipinski definition) is 1. The van der Waals surface area contributed by atoms with E-state index in [4.69, 9.17) is 0 Å². The molecular weight excluding hydrogens is 230 g/mol. The fourth-order valence-corrected chi connectivity index (χ4v) is 2.81. The molecule has 0 spiro atoms. The minimum absolute atomic E-state index is 0.0182. The highest BCUT2D eigenvalue weighted by molar-refractivity contribution is 5.89. The monoisotopic (exact) mass is 253 g/mol. The molecule has 5 nitrogen and oxygen atoms in total. The molecule has 0 aromatic heterocycles. The lowest BCUT2D eigenvalue weighted by Gasteiger charge is -2.36. The van der Waals surface area contributed by atoms with Gasteiger partial charge in [-0.3, -0.25) is 9.59 Å². The Labute approximate surface area is 108 Å². The first-order valence-electron chi connectivity index (χ1n) is 6.86. The number of likely N-dealkylation sites (N-methyl/N-ethyl adjacent to an activating group) is 1. The van der Waals surface area contributed by atoms with Crippen molar-refractivity contribution in [2.75, 3.05) is 26.7 Å². The van der Waals surface area contributed by atoms with Crippen molar-refractivity contribution in [3.05, 3.63) is 0 Å². The molecule has 1 N–H and O–H groups in total. The number of rotatable bonds is 2. The van der Waals surface area contributed by atoms with Crippen LogP contribution in [-0.2, 0) is 9.59 Å². The van der Waals surface area contributed by atoms with Crippen molar-refractivity contribution < 1.29 is 9.59 Å². The van der Waals surface area contributed by atoms with Gasteiger partial charge in [-0.1, -0.05) is 6.42 Å². The summed E-state index contributed by atoms with van der Waals surface area (Å²) in [6.07, 6.45) is 4.06. The van der Waals surface area contributed by atoms with E-state index in [1.165, 1.54) is 12.8 Å². The van der Waals surface area contributed by atoms with E-state index in [9.17, 15) is 9.59 Å². The summed E-state index contributed by atoms with van der Waals surface area (Å²) in [7, 11) is 2.12. The summed E-state index contributed by atoms with van der Waals surface area (Å²) in [6.45, 7) is 4.19. The highest BCUT2D eigenvalue weighted by atomic mass is 16.2. The maximum atomic E-state index is 12.2. The summed E-state index contributed by atoms with van der Waals surface area (Å²) in [6, 6.07) is 0.0667. The number of hydrogen-bond acceptors (Lipinski definition) is 3. The van der Waals surface area contributed by atoms with Crippen LogP contribution in [0.4, 0.5) is 0 Å². The van der Waals surface area contributed by atoms with Crippen LogP contribution in [-0.4, -0.2) is 60.4 Å². The van der Waals surface area contributed by atoms with Crippen LogP contribution in [0, 0.1) is 0 Å². The number of nitrogens with zero attached hydrogens (tertiary/aromatic N) is 2. The molecule has 2 amide bonds. The van der Waals surface area contributed by atoms with Crippen molar-refractivity contribution in [1.29, 1.82) is 0 Å². The third-order valence-corrected chi connectivity index (χ3v) is 4.02. The van der Waals surface area contributed by atoms with Gasteiger partial charge in [-0.2, -0.15) is 0 Å². The van der Waals surface area contributed by atoms with Gasteiger partial charge < -0.3 is 15.1 Å². The molecule has 5 heteroatoms. The SMILES string of the molecule is CC1NC(=O)CCN(CC2CCCCN2C)C1=O. The van der Waals surface area contributed by atoms with Crippen LogP contribution < -0.4 is 5.32 Å². The van der Waals surface area contributed by atoms with Crippen LogP contribution in [0.3, 0.4) is 0 Å². The van der Waals surface area contributed by atoms with Crippen LogP contribution >= 0.6 is 0 Å². The smallest absolute Gasteiger partial charge is 0.244 e. The van der Waals surface area contributed by atoms with Gasteiger partial charge in [0.1, 0.15) is 6.04 Å². The summed E-state index contributed by atoms with van der Waals surface area (Å²) < 4.78 is 0. The molecule has 2 atom stereocenters. The van der Waals surface area contributed by atoms with Gasteiger partial charge >= 0.3 is 0 Å². The Kier molecular flexibility index (Phi) is 4.22. The van der Waals surface area contributed by atoms with Crippen molar-refractivity contribution in [3.63, 3.8) is 0 Å². The maximum absolute atomic E-state index is 12.2. The topological polar surface area (TPSA) is 52.7 Å². The summed E-state index contributed by atoms with van der Waals surface area (Å²) in [5, 5.41) is 2.73. The number of nitrogens with one attached hydrogen (secondary N) is 1. The van der Waals surface area contributed by atoms with Gasteiger partial charge in [0, 0.05) is 25.6 Å². The van der Waals surface area contributed by atoms with Gasteiger partial charge in [0.25, 0.3) is 0 Å². The predicted octanol–water partition coefficient (Wildman–Crippen LogP) is 0.208. The molecule has 0 radical (unpaired) electrons. The first-order valence-corrected chi connectivity index (χ1v) is 6.86. The molecule has 0 aromatic carbocycles. The zero-order valence-electron chi connectivity index (χ0n) is 11.3. The zero-order chi connectivity index (χ0) is 13.1. The normalized spacial score (nSPS) is 31.1. The average Bonchev–Trinajstić information content (AvgIpc) is 2.45. The van der Waals surface area contributed by atoms with Gasteiger partial charge in [-0.05, 0) is 33.4 Å². The van der Waals surface area contributed by atoms with E-state index < -0.39 is 0 Å². The largest absolute Gasteiger partial charge is 0.345 e. The highest BCUT2D eigenvalue weighted by Crippen LogP contribution is 2.17. The third-order valence-electron chi connectivity index (χ3n) is 4.02. The molecule has 2 aliphatic rings. The van der Waals surface area contributed by atoms with Crippen molar-refractivity contribution in [2.24, 2.45) is 0 Å². The number of carbonyl (C=O) groups is 2. The molecule has 2 rings (SSSR count). The van der Waals surface area contributed by atoms with E-state index in [0.29, 0.717) is 19.0 Å². The molecule has 0 aromatic rings. The standard InChI is InChI=1S/C13H23N3O2/c1-10-13(18)16(8-6-12(17)14-10)9-11-5-3-4-7-15(11)2/h10-11H,3-9H2,1-2H3,(H,14,17). The van der Waals surface area contributed by atoms with Crippen LogP contribution in [0.25, 0.3) is 0 Å². The molecule has 102 valence electrons. The Bertz CT molecular complexity index is 332. The molecule has 2 heterocycles. The highest BCUT2D eigenvalue weighted by Gasteiger charge is 2.29. The minimum Gasteiger partial charge on any atom is -0.345 e. The molecule has 18 heavy (non-hydrogen) atoms.